The molecule has 3 aromatic rings. The Morgan fingerprint density at radius 3 is 2.46 bits per heavy atom. The van der Waals surface area contributed by atoms with Gasteiger partial charge in [0.2, 0.25) is 0 Å². The van der Waals surface area contributed by atoms with E-state index in [2.05, 4.69) is 41.6 Å². The van der Waals surface area contributed by atoms with Crippen LogP contribution < -0.4 is 15.4 Å². The number of carbonyl (C=O) groups excluding carboxylic acids is 1. The van der Waals surface area contributed by atoms with Crippen LogP contribution in [0.5, 0.6) is 5.75 Å². The molecule has 1 amide bonds. The quantitative estimate of drug-likeness (QED) is 0.594. The van der Waals surface area contributed by atoms with Gasteiger partial charge in [0.15, 0.2) is 5.13 Å². The minimum atomic E-state index is -0.119. The fourth-order valence-corrected chi connectivity index (χ4v) is 3.85. The van der Waals surface area contributed by atoms with Crippen molar-refractivity contribution in [3.05, 3.63) is 69.7 Å². The normalized spacial score (nSPS) is 11.8. The van der Waals surface area contributed by atoms with Gasteiger partial charge < -0.3 is 15.4 Å². The molecule has 6 heteroatoms. The highest BCUT2D eigenvalue weighted by molar-refractivity contribution is 7.17. The number of carbonyl (C=O) groups is 1. The monoisotopic (exact) mass is 395 g/mol. The Bertz CT molecular complexity index is 980. The number of thiazole rings is 1. The van der Waals surface area contributed by atoms with E-state index in [1.165, 1.54) is 16.9 Å². The molecule has 1 aromatic heterocycles. The first-order valence-electron chi connectivity index (χ1n) is 9.14. The van der Waals surface area contributed by atoms with Crippen molar-refractivity contribution in [2.75, 3.05) is 12.4 Å². The number of hydrogen-bond acceptors (Lipinski definition) is 5. The van der Waals surface area contributed by atoms with Gasteiger partial charge in [-0.3, -0.25) is 4.79 Å². The van der Waals surface area contributed by atoms with Gasteiger partial charge in [-0.05, 0) is 57.0 Å². The summed E-state index contributed by atoms with van der Waals surface area (Å²) in [4.78, 5) is 17.9. The maximum atomic E-state index is 12.8. The fourth-order valence-electron chi connectivity index (χ4n) is 2.97. The van der Waals surface area contributed by atoms with Gasteiger partial charge in [-0.1, -0.05) is 41.2 Å². The Hall–Kier alpha value is -2.86. The number of aromatic nitrogens is 1. The second-order valence-electron chi connectivity index (χ2n) is 6.85. The molecular formula is C22H25N3O2S. The molecule has 0 aliphatic heterocycles. The van der Waals surface area contributed by atoms with Crippen molar-refractivity contribution in [1.29, 1.82) is 0 Å². The molecule has 1 atom stereocenters. The Morgan fingerprint density at radius 1 is 1.11 bits per heavy atom. The van der Waals surface area contributed by atoms with Gasteiger partial charge in [0.25, 0.3) is 5.91 Å². The number of amides is 1. The summed E-state index contributed by atoms with van der Waals surface area (Å²) in [5, 5.41) is 7.09. The lowest BCUT2D eigenvalue weighted by Crippen LogP contribution is -2.26. The summed E-state index contributed by atoms with van der Waals surface area (Å²) in [5.41, 5.74) is 5.09. The van der Waals surface area contributed by atoms with Crippen LogP contribution in [0.1, 0.15) is 45.0 Å². The largest absolute Gasteiger partial charge is 0.497 e. The Balaban J connectivity index is 1.71. The number of aryl methyl sites for hydroxylation is 3. The molecule has 0 saturated carbocycles. The van der Waals surface area contributed by atoms with Gasteiger partial charge in [0.05, 0.1) is 18.8 Å². The second kappa shape index (κ2) is 8.44. The minimum Gasteiger partial charge on any atom is -0.497 e. The number of nitrogens with zero attached hydrogens (tertiary/aromatic N) is 1. The molecule has 0 aliphatic carbocycles. The van der Waals surface area contributed by atoms with Crippen LogP contribution in [0.2, 0.25) is 0 Å². The molecule has 146 valence electrons. The molecule has 0 fully saturated rings. The highest BCUT2D eigenvalue weighted by Gasteiger charge is 2.18. The summed E-state index contributed by atoms with van der Waals surface area (Å²) in [7, 11) is 1.64. The average Bonchev–Trinajstić information content (AvgIpc) is 3.04. The number of hydrogen-bond donors (Lipinski definition) is 2. The predicted molar refractivity (Wildman–Crippen MR) is 115 cm³/mol. The van der Waals surface area contributed by atoms with Crippen LogP contribution in [0.25, 0.3) is 0 Å². The standard InChI is InChI=1S/C22H25N3O2S/c1-13-6-11-19(14(2)12-13)25-22-24-16(4)20(28-22)21(26)23-15(3)17-7-9-18(27-5)10-8-17/h6-12,15H,1-5H3,(H,23,26)(H,24,25)/t15-/m0/s1. The zero-order valence-electron chi connectivity index (χ0n) is 16.8. The van der Waals surface area contributed by atoms with E-state index in [0.717, 1.165) is 28.3 Å². The van der Waals surface area contributed by atoms with Crippen LogP contribution in [0.15, 0.2) is 42.5 Å². The number of methoxy groups -OCH3 is 1. The van der Waals surface area contributed by atoms with Crippen molar-refractivity contribution in [3.8, 4) is 5.75 Å². The van der Waals surface area contributed by atoms with Gasteiger partial charge in [-0.15, -0.1) is 0 Å². The molecule has 0 spiro atoms. The third-order valence-corrected chi connectivity index (χ3v) is 5.66. The van der Waals surface area contributed by atoms with Crippen LogP contribution in [-0.2, 0) is 0 Å². The maximum Gasteiger partial charge on any atom is 0.263 e. The first kappa shape index (κ1) is 19.9. The van der Waals surface area contributed by atoms with E-state index >= 15 is 0 Å². The fraction of sp³-hybridized carbons (Fsp3) is 0.273. The van der Waals surface area contributed by atoms with Crippen LogP contribution in [0, 0.1) is 20.8 Å². The molecule has 1 heterocycles. The van der Waals surface area contributed by atoms with Gasteiger partial charge >= 0.3 is 0 Å². The third kappa shape index (κ3) is 4.51. The molecule has 0 radical (unpaired) electrons. The lowest BCUT2D eigenvalue weighted by atomic mass is 10.1. The first-order chi connectivity index (χ1) is 13.4. The lowest BCUT2D eigenvalue weighted by Gasteiger charge is -2.14. The van der Waals surface area contributed by atoms with Gasteiger partial charge in [-0.2, -0.15) is 0 Å². The molecule has 5 nitrogen and oxygen atoms in total. The molecule has 2 aromatic carbocycles. The summed E-state index contributed by atoms with van der Waals surface area (Å²) >= 11 is 1.36. The average molecular weight is 396 g/mol. The predicted octanol–water partition coefficient (Wildman–Crippen LogP) is 5.31. The topological polar surface area (TPSA) is 63.2 Å². The van der Waals surface area contributed by atoms with Gasteiger partial charge in [0.1, 0.15) is 10.6 Å². The minimum absolute atomic E-state index is 0.115. The summed E-state index contributed by atoms with van der Waals surface area (Å²) in [5.74, 6) is 0.676. The van der Waals surface area contributed by atoms with E-state index in [9.17, 15) is 4.79 Å². The first-order valence-corrected chi connectivity index (χ1v) is 9.95. The second-order valence-corrected chi connectivity index (χ2v) is 7.84. The summed E-state index contributed by atoms with van der Waals surface area (Å²) in [6.45, 7) is 7.94. The number of ether oxygens (including phenoxy) is 1. The van der Waals surface area contributed by atoms with Crippen LogP contribution >= 0.6 is 11.3 Å². The molecule has 0 bridgehead atoms. The number of anilines is 2. The van der Waals surface area contributed by atoms with Crippen molar-refractivity contribution in [2.45, 2.75) is 33.7 Å². The SMILES string of the molecule is COc1ccc([C@H](C)NC(=O)c2sc(Nc3ccc(C)cc3C)nc2C)cc1. The molecule has 2 N–H and O–H groups in total. The van der Waals surface area contributed by atoms with Crippen molar-refractivity contribution in [1.82, 2.24) is 10.3 Å². The van der Waals surface area contributed by atoms with Crippen molar-refractivity contribution >= 4 is 28.1 Å². The van der Waals surface area contributed by atoms with E-state index in [4.69, 9.17) is 4.74 Å². The molecule has 0 aliphatic rings. The van der Waals surface area contributed by atoms with E-state index in [-0.39, 0.29) is 11.9 Å². The van der Waals surface area contributed by atoms with E-state index < -0.39 is 0 Å². The summed E-state index contributed by atoms with van der Waals surface area (Å²) in [6, 6.07) is 13.8. The molecule has 0 unspecified atom stereocenters. The van der Waals surface area contributed by atoms with E-state index in [1.807, 2.05) is 44.2 Å². The molecule has 0 saturated heterocycles. The van der Waals surface area contributed by atoms with Crippen LogP contribution in [-0.4, -0.2) is 18.0 Å². The zero-order chi connectivity index (χ0) is 20.3. The smallest absolute Gasteiger partial charge is 0.263 e. The highest BCUT2D eigenvalue weighted by atomic mass is 32.1. The Morgan fingerprint density at radius 2 is 1.82 bits per heavy atom. The van der Waals surface area contributed by atoms with E-state index in [1.54, 1.807) is 7.11 Å². The highest BCUT2D eigenvalue weighted by Crippen LogP contribution is 2.28. The number of rotatable bonds is 6. The molecule has 3 rings (SSSR count). The van der Waals surface area contributed by atoms with Crippen LogP contribution in [0.4, 0.5) is 10.8 Å². The van der Waals surface area contributed by atoms with E-state index in [0.29, 0.717) is 10.0 Å². The number of nitrogens with one attached hydrogen (secondary N) is 2. The molecule has 28 heavy (non-hydrogen) atoms. The summed E-state index contributed by atoms with van der Waals surface area (Å²) in [6.07, 6.45) is 0. The van der Waals surface area contributed by atoms with Gasteiger partial charge in [-0.25, -0.2) is 4.98 Å². The number of benzene rings is 2. The maximum absolute atomic E-state index is 12.8. The Labute approximate surface area is 169 Å². The van der Waals surface area contributed by atoms with Gasteiger partial charge in [0, 0.05) is 5.69 Å². The lowest BCUT2D eigenvalue weighted by molar-refractivity contribution is 0.0943. The molecular weight excluding hydrogens is 370 g/mol. The van der Waals surface area contributed by atoms with Crippen molar-refractivity contribution in [3.63, 3.8) is 0 Å². The zero-order valence-corrected chi connectivity index (χ0v) is 17.6. The summed E-state index contributed by atoms with van der Waals surface area (Å²) < 4.78 is 5.18. The van der Waals surface area contributed by atoms with Crippen molar-refractivity contribution in [2.24, 2.45) is 0 Å². The van der Waals surface area contributed by atoms with Crippen LogP contribution in [0.3, 0.4) is 0 Å². The third-order valence-electron chi connectivity index (χ3n) is 4.59. The Kier molecular flexibility index (Phi) is 5.99. The van der Waals surface area contributed by atoms with Crippen molar-refractivity contribution < 1.29 is 9.53 Å².